The van der Waals surface area contributed by atoms with Crippen LogP contribution in [0.25, 0.3) is 0 Å². The molecule has 3 aliphatic heterocycles. The molecule has 0 aromatic carbocycles. The van der Waals surface area contributed by atoms with Gasteiger partial charge in [-0.1, -0.05) is 32.9 Å². The molecule has 1 N–H and O–H groups in total. The van der Waals surface area contributed by atoms with Gasteiger partial charge in [-0.3, -0.25) is 0 Å². The van der Waals surface area contributed by atoms with Gasteiger partial charge >= 0.3 is 5.97 Å². The Kier molecular flexibility index (Phi) is 5.50. The van der Waals surface area contributed by atoms with E-state index in [1.54, 1.807) is 45.6 Å². The summed E-state index contributed by atoms with van der Waals surface area (Å²) in [7, 11) is 1.56. The summed E-state index contributed by atoms with van der Waals surface area (Å²) in [5.41, 5.74) is -3.14. The molecular formula is C32H40O9. The number of allylic oxidation sites excluding steroid dienone is 1. The SMILES string of the molecule is CC=C(C)C(=O)OC1C2OCC3(C)C=CC4(O)OC(OC)C(C4(C)C23)C1(C)C12OC1CC(c1ccoc1)C2(C)C=O. The second-order valence-corrected chi connectivity index (χ2v) is 13.9. The molecule has 9 nitrogen and oxygen atoms in total. The topological polar surface area (TPSA) is 117 Å². The molecule has 222 valence electrons. The Bertz CT molecular complexity index is 1350. The number of ether oxygens (including phenoxy) is 5. The van der Waals surface area contributed by atoms with Crippen molar-refractivity contribution in [1.82, 2.24) is 0 Å². The first-order valence-corrected chi connectivity index (χ1v) is 14.6. The number of furan rings is 1. The molecule has 4 heterocycles. The molecule has 3 aliphatic carbocycles. The largest absolute Gasteiger partial charge is 0.472 e. The maximum Gasteiger partial charge on any atom is 0.333 e. The average molecular weight is 569 g/mol. The maximum atomic E-state index is 13.6. The number of esters is 1. The Morgan fingerprint density at radius 2 is 1.88 bits per heavy atom. The smallest absolute Gasteiger partial charge is 0.333 e. The van der Waals surface area contributed by atoms with E-state index in [0.717, 1.165) is 11.8 Å². The fourth-order valence-electron chi connectivity index (χ4n) is 10.4. The lowest BCUT2D eigenvalue weighted by Crippen LogP contribution is -2.74. The van der Waals surface area contributed by atoms with E-state index < -0.39 is 63.4 Å². The molecule has 0 bridgehead atoms. The zero-order valence-corrected chi connectivity index (χ0v) is 24.7. The normalized spacial score (nSPS) is 54.5. The third-order valence-electron chi connectivity index (χ3n) is 12.4. The Morgan fingerprint density at radius 1 is 1.12 bits per heavy atom. The van der Waals surface area contributed by atoms with Crippen molar-refractivity contribution in [1.29, 1.82) is 0 Å². The fraction of sp³-hybridized carbons (Fsp3) is 0.688. The van der Waals surface area contributed by atoms with E-state index in [2.05, 4.69) is 6.92 Å². The van der Waals surface area contributed by atoms with Crippen molar-refractivity contribution < 1.29 is 42.8 Å². The average Bonchev–Trinajstić information content (AvgIpc) is 3.25. The molecule has 1 aromatic heterocycles. The van der Waals surface area contributed by atoms with Gasteiger partial charge in [-0.2, -0.15) is 0 Å². The molecule has 1 aromatic rings. The predicted molar refractivity (Wildman–Crippen MR) is 144 cm³/mol. The van der Waals surface area contributed by atoms with Crippen LogP contribution in [0.2, 0.25) is 0 Å². The summed E-state index contributed by atoms with van der Waals surface area (Å²) >= 11 is 0. The van der Waals surface area contributed by atoms with Gasteiger partial charge in [0.1, 0.15) is 18.0 Å². The molecule has 7 rings (SSSR count). The van der Waals surface area contributed by atoms with Crippen LogP contribution < -0.4 is 0 Å². The zero-order chi connectivity index (χ0) is 29.4. The van der Waals surface area contributed by atoms with Crippen LogP contribution in [0, 0.1) is 33.5 Å². The Hall–Kier alpha value is -2.30. The van der Waals surface area contributed by atoms with Crippen LogP contribution in [0.1, 0.15) is 59.4 Å². The number of aldehydes is 1. The van der Waals surface area contributed by atoms with Crippen LogP contribution in [0.3, 0.4) is 0 Å². The lowest BCUT2D eigenvalue weighted by atomic mass is 9.39. The predicted octanol–water partition coefficient (Wildman–Crippen LogP) is 3.91. The summed E-state index contributed by atoms with van der Waals surface area (Å²) in [5.74, 6) is -3.10. The summed E-state index contributed by atoms with van der Waals surface area (Å²) in [6.45, 7) is 12.0. The van der Waals surface area contributed by atoms with Crippen molar-refractivity contribution in [2.24, 2.45) is 33.5 Å². The molecule has 3 saturated heterocycles. The number of hydrogen-bond donors (Lipinski definition) is 1. The summed E-state index contributed by atoms with van der Waals surface area (Å²) in [6, 6.07) is 1.89. The Balaban J connectivity index is 1.49. The molecule has 6 aliphatic rings. The first-order chi connectivity index (χ1) is 19.3. The van der Waals surface area contributed by atoms with Crippen LogP contribution >= 0.6 is 0 Å². The number of epoxide rings is 1. The molecule has 0 amide bonds. The molecule has 0 spiro atoms. The Morgan fingerprint density at radius 3 is 2.51 bits per heavy atom. The minimum Gasteiger partial charge on any atom is -0.472 e. The second kappa shape index (κ2) is 8.20. The van der Waals surface area contributed by atoms with Gasteiger partial charge < -0.3 is 38.0 Å². The maximum absolute atomic E-state index is 13.6. The van der Waals surface area contributed by atoms with Crippen molar-refractivity contribution in [3.63, 3.8) is 0 Å². The van der Waals surface area contributed by atoms with Crippen molar-refractivity contribution in [3.8, 4) is 0 Å². The molecule has 9 heteroatoms. The van der Waals surface area contributed by atoms with Gasteiger partial charge in [0.05, 0.1) is 36.8 Å². The monoisotopic (exact) mass is 568 g/mol. The molecular weight excluding hydrogens is 528 g/mol. The molecule has 13 atom stereocenters. The molecule has 0 radical (unpaired) electrons. The van der Waals surface area contributed by atoms with Gasteiger partial charge in [0.2, 0.25) is 0 Å². The van der Waals surface area contributed by atoms with E-state index >= 15 is 0 Å². The van der Waals surface area contributed by atoms with Crippen molar-refractivity contribution in [2.45, 2.75) is 89.9 Å². The van der Waals surface area contributed by atoms with E-state index in [0.29, 0.717) is 18.6 Å². The number of fused-ring (bicyclic) bond motifs is 1. The Labute approximate surface area is 240 Å². The van der Waals surface area contributed by atoms with Gasteiger partial charge in [0, 0.05) is 46.7 Å². The fourth-order valence-corrected chi connectivity index (χ4v) is 10.4. The standard InChI is InChI=1S/C32H40O9/c1-8-17(2)25(34)39-24-21-22-27(3,16-38-21)10-11-31(35)29(22,5)23(26(36-7)41-31)30(24,6)32-20(40-32)13-19(28(32,4)15-33)18-9-12-37-14-18/h8-12,14-15,19-24,26,35H,13,16H2,1-7H3. The zero-order valence-electron chi connectivity index (χ0n) is 24.7. The van der Waals surface area contributed by atoms with Crippen LogP contribution in [-0.2, 0) is 33.3 Å². The van der Waals surface area contributed by atoms with Crippen LogP contribution in [0.15, 0.2) is 46.8 Å². The summed E-state index contributed by atoms with van der Waals surface area (Å²) in [4.78, 5) is 26.9. The van der Waals surface area contributed by atoms with Gasteiger partial charge in [-0.15, -0.1) is 0 Å². The number of aliphatic hydroxyl groups is 1. The van der Waals surface area contributed by atoms with Gasteiger partial charge in [0.15, 0.2) is 12.1 Å². The third kappa shape index (κ3) is 2.86. The molecule has 13 unspecified atom stereocenters. The van der Waals surface area contributed by atoms with Crippen LogP contribution in [0.4, 0.5) is 0 Å². The van der Waals surface area contributed by atoms with Crippen molar-refractivity contribution in [2.75, 3.05) is 13.7 Å². The van der Waals surface area contributed by atoms with E-state index in [1.165, 1.54) is 0 Å². The van der Waals surface area contributed by atoms with Gasteiger partial charge in [-0.05, 0) is 44.9 Å². The van der Waals surface area contributed by atoms with E-state index in [-0.39, 0.29) is 17.9 Å². The number of methoxy groups -OCH3 is 1. The summed E-state index contributed by atoms with van der Waals surface area (Å²) in [5, 5.41) is 12.2. The van der Waals surface area contributed by atoms with Crippen LogP contribution in [-0.4, -0.2) is 67.1 Å². The highest BCUT2D eigenvalue weighted by Gasteiger charge is 2.91. The number of carbonyl (C=O) groups is 2. The lowest BCUT2D eigenvalue weighted by Gasteiger charge is -2.64. The third-order valence-corrected chi connectivity index (χ3v) is 12.4. The molecule has 2 saturated carbocycles. The van der Waals surface area contributed by atoms with Crippen molar-refractivity contribution >= 4 is 12.3 Å². The lowest BCUT2D eigenvalue weighted by molar-refractivity contribution is -0.272. The first kappa shape index (κ1) is 27.5. The highest BCUT2D eigenvalue weighted by molar-refractivity contribution is 5.88. The van der Waals surface area contributed by atoms with Crippen molar-refractivity contribution in [3.05, 3.63) is 48.0 Å². The van der Waals surface area contributed by atoms with Gasteiger partial charge in [-0.25, -0.2) is 4.79 Å². The minimum absolute atomic E-state index is 0.184. The number of hydrogen-bond acceptors (Lipinski definition) is 9. The van der Waals surface area contributed by atoms with Gasteiger partial charge in [0.25, 0.3) is 0 Å². The first-order valence-electron chi connectivity index (χ1n) is 14.6. The highest BCUT2D eigenvalue weighted by atomic mass is 16.7. The quantitative estimate of drug-likeness (QED) is 0.179. The minimum atomic E-state index is -1.66. The summed E-state index contributed by atoms with van der Waals surface area (Å²) < 4.78 is 37.7. The van der Waals surface area contributed by atoms with E-state index in [9.17, 15) is 14.7 Å². The molecule has 5 fully saturated rings. The van der Waals surface area contributed by atoms with Crippen LogP contribution in [0.5, 0.6) is 0 Å². The molecule has 41 heavy (non-hydrogen) atoms. The summed E-state index contributed by atoms with van der Waals surface area (Å²) in [6.07, 6.45) is 7.76. The van der Waals surface area contributed by atoms with E-state index in [1.807, 2.05) is 32.9 Å². The van der Waals surface area contributed by atoms with E-state index in [4.69, 9.17) is 28.1 Å². The number of carbonyl (C=O) groups excluding carboxylic acids is 2. The highest BCUT2D eigenvalue weighted by Crippen LogP contribution is 2.81. The second-order valence-electron chi connectivity index (χ2n) is 13.9. The number of rotatable bonds is 6.